The zero-order chi connectivity index (χ0) is 15.4. The van der Waals surface area contributed by atoms with Crippen LogP contribution in [0.15, 0.2) is 60.7 Å². The summed E-state index contributed by atoms with van der Waals surface area (Å²) in [4.78, 5) is 12.3. The molecule has 0 fully saturated rings. The molecule has 22 heavy (non-hydrogen) atoms. The lowest BCUT2D eigenvalue weighted by Crippen LogP contribution is -2.23. The van der Waals surface area contributed by atoms with Gasteiger partial charge in [-0.05, 0) is 19.1 Å². The van der Waals surface area contributed by atoms with E-state index in [4.69, 9.17) is 0 Å². The van der Waals surface area contributed by atoms with Gasteiger partial charge < -0.3 is 5.32 Å². The second-order valence-electron chi connectivity index (χ2n) is 4.76. The molecule has 0 aliphatic carbocycles. The van der Waals surface area contributed by atoms with Crippen molar-refractivity contribution < 1.29 is 4.79 Å². The largest absolute Gasteiger partial charge is 0.351 e. The molecule has 0 unspecified atom stereocenters. The first-order chi connectivity index (χ1) is 10.8. The summed E-state index contributed by atoms with van der Waals surface area (Å²) in [6.07, 6.45) is 0. The highest BCUT2D eigenvalue weighted by Crippen LogP contribution is 2.24. The molecular formula is C17H16N4O. The Hall–Kier alpha value is -2.95. The summed E-state index contributed by atoms with van der Waals surface area (Å²) < 4.78 is 1.69. The number of amides is 1. The van der Waals surface area contributed by atoms with E-state index >= 15 is 0 Å². The van der Waals surface area contributed by atoms with Crippen molar-refractivity contribution in [3.8, 4) is 16.9 Å². The molecule has 1 heterocycles. The fourth-order valence-electron chi connectivity index (χ4n) is 2.28. The Morgan fingerprint density at radius 1 is 1.05 bits per heavy atom. The van der Waals surface area contributed by atoms with Gasteiger partial charge in [0.15, 0.2) is 5.69 Å². The molecule has 5 heteroatoms. The van der Waals surface area contributed by atoms with Gasteiger partial charge in [0.25, 0.3) is 5.91 Å². The molecular weight excluding hydrogens is 276 g/mol. The Balaban J connectivity index is 2.18. The van der Waals surface area contributed by atoms with Gasteiger partial charge >= 0.3 is 0 Å². The van der Waals surface area contributed by atoms with Crippen molar-refractivity contribution in [2.45, 2.75) is 6.92 Å². The van der Waals surface area contributed by atoms with E-state index in [9.17, 15) is 4.79 Å². The van der Waals surface area contributed by atoms with Crippen LogP contribution in [0.25, 0.3) is 16.9 Å². The van der Waals surface area contributed by atoms with Crippen LogP contribution < -0.4 is 5.32 Å². The number of hydrogen-bond donors (Lipinski definition) is 1. The van der Waals surface area contributed by atoms with Crippen LogP contribution >= 0.6 is 0 Å². The zero-order valence-corrected chi connectivity index (χ0v) is 12.2. The number of nitrogens with one attached hydrogen (secondary N) is 1. The number of para-hydroxylation sites is 1. The van der Waals surface area contributed by atoms with Crippen molar-refractivity contribution in [3.05, 3.63) is 66.4 Å². The minimum atomic E-state index is -0.219. The third-order valence-corrected chi connectivity index (χ3v) is 3.27. The standard InChI is InChI=1S/C17H16N4O/c1-2-18-17(22)15-16(13-9-5-3-6-10-13)21(20-19-15)14-11-7-4-8-12-14/h3-12H,2H2,1H3,(H,18,22). The van der Waals surface area contributed by atoms with Crippen molar-refractivity contribution in [1.29, 1.82) is 0 Å². The summed E-state index contributed by atoms with van der Waals surface area (Å²) in [5.41, 5.74) is 2.79. The highest BCUT2D eigenvalue weighted by molar-refractivity contribution is 5.98. The van der Waals surface area contributed by atoms with E-state index < -0.39 is 0 Å². The van der Waals surface area contributed by atoms with Gasteiger partial charge in [-0.1, -0.05) is 53.7 Å². The molecule has 3 rings (SSSR count). The first-order valence-corrected chi connectivity index (χ1v) is 7.16. The molecule has 0 atom stereocenters. The van der Waals surface area contributed by atoms with Crippen LogP contribution in [0.4, 0.5) is 0 Å². The van der Waals surface area contributed by atoms with E-state index in [1.807, 2.05) is 67.6 Å². The summed E-state index contributed by atoms with van der Waals surface area (Å²) >= 11 is 0. The third-order valence-electron chi connectivity index (χ3n) is 3.27. The third kappa shape index (κ3) is 2.61. The van der Waals surface area contributed by atoms with Gasteiger partial charge in [-0.15, -0.1) is 5.10 Å². The lowest BCUT2D eigenvalue weighted by Gasteiger charge is -2.08. The van der Waals surface area contributed by atoms with Crippen molar-refractivity contribution >= 4 is 5.91 Å². The van der Waals surface area contributed by atoms with Gasteiger partial charge in [-0.3, -0.25) is 4.79 Å². The van der Waals surface area contributed by atoms with E-state index in [-0.39, 0.29) is 5.91 Å². The number of benzene rings is 2. The Kier molecular flexibility index (Phi) is 3.96. The van der Waals surface area contributed by atoms with Crippen LogP contribution in [-0.4, -0.2) is 27.4 Å². The maximum Gasteiger partial charge on any atom is 0.274 e. The number of aromatic nitrogens is 3. The molecule has 5 nitrogen and oxygen atoms in total. The van der Waals surface area contributed by atoms with Crippen LogP contribution in [0, 0.1) is 0 Å². The van der Waals surface area contributed by atoms with E-state index in [1.54, 1.807) is 4.68 Å². The van der Waals surface area contributed by atoms with Crippen molar-refractivity contribution in [2.75, 3.05) is 6.54 Å². The van der Waals surface area contributed by atoms with Crippen molar-refractivity contribution in [1.82, 2.24) is 20.3 Å². The van der Waals surface area contributed by atoms with Gasteiger partial charge in [0, 0.05) is 12.1 Å². The molecule has 0 radical (unpaired) electrons. The summed E-state index contributed by atoms with van der Waals surface area (Å²) in [6.45, 7) is 2.42. The Bertz CT molecular complexity index is 766. The maximum absolute atomic E-state index is 12.3. The molecule has 1 aromatic heterocycles. The van der Waals surface area contributed by atoms with Crippen molar-refractivity contribution in [2.24, 2.45) is 0 Å². The Labute approximate surface area is 128 Å². The average Bonchev–Trinajstić information content (AvgIpc) is 3.02. The van der Waals surface area contributed by atoms with Gasteiger partial charge in [0.2, 0.25) is 0 Å². The number of nitrogens with zero attached hydrogens (tertiary/aromatic N) is 3. The van der Waals surface area contributed by atoms with Crippen LogP contribution in [0.1, 0.15) is 17.4 Å². The van der Waals surface area contributed by atoms with Gasteiger partial charge in [-0.25, -0.2) is 4.68 Å². The predicted molar refractivity (Wildman–Crippen MR) is 84.8 cm³/mol. The molecule has 3 aromatic rings. The number of hydrogen-bond acceptors (Lipinski definition) is 3. The monoisotopic (exact) mass is 292 g/mol. The maximum atomic E-state index is 12.3. The average molecular weight is 292 g/mol. The summed E-state index contributed by atoms with van der Waals surface area (Å²) in [6, 6.07) is 19.3. The van der Waals surface area contributed by atoms with Crippen LogP contribution in [0.2, 0.25) is 0 Å². The van der Waals surface area contributed by atoms with E-state index in [1.165, 1.54) is 0 Å². The molecule has 2 aromatic carbocycles. The molecule has 1 amide bonds. The molecule has 1 N–H and O–H groups in total. The summed E-state index contributed by atoms with van der Waals surface area (Å²) in [5.74, 6) is -0.219. The molecule has 0 aliphatic rings. The van der Waals surface area contributed by atoms with Gasteiger partial charge in [0.1, 0.15) is 5.69 Å². The Morgan fingerprint density at radius 2 is 1.68 bits per heavy atom. The summed E-state index contributed by atoms with van der Waals surface area (Å²) in [5, 5.41) is 11.0. The molecule has 0 saturated heterocycles. The Morgan fingerprint density at radius 3 is 2.32 bits per heavy atom. The topological polar surface area (TPSA) is 59.8 Å². The van der Waals surface area contributed by atoms with Crippen LogP contribution in [0.5, 0.6) is 0 Å². The lowest BCUT2D eigenvalue weighted by atomic mass is 10.1. The fourth-order valence-corrected chi connectivity index (χ4v) is 2.28. The minimum Gasteiger partial charge on any atom is -0.351 e. The van der Waals surface area contributed by atoms with Crippen LogP contribution in [-0.2, 0) is 0 Å². The highest BCUT2D eigenvalue weighted by atomic mass is 16.2. The van der Waals surface area contributed by atoms with Gasteiger partial charge in [0.05, 0.1) is 5.69 Å². The highest BCUT2D eigenvalue weighted by Gasteiger charge is 2.21. The molecule has 0 saturated carbocycles. The zero-order valence-electron chi connectivity index (χ0n) is 12.2. The first kappa shape index (κ1) is 14.0. The second-order valence-corrected chi connectivity index (χ2v) is 4.76. The van der Waals surface area contributed by atoms with Gasteiger partial charge in [-0.2, -0.15) is 0 Å². The number of rotatable bonds is 4. The molecule has 0 aliphatic heterocycles. The molecule has 0 spiro atoms. The van der Waals surface area contributed by atoms with Crippen molar-refractivity contribution in [3.63, 3.8) is 0 Å². The second kappa shape index (κ2) is 6.22. The molecule has 0 bridgehead atoms. The van der Waals surface area contributed by atoms with E-state index in [0.29, 0.717) is 17.9 Å². The smallest absolute Gasteiger partial charge is 0.274 e. The minimum absolute atomic E-state index is 0.219. The quantitative estimate of drug-likeness (QED) is 0.804. The van der Waals surface area contributed by atoms with E-state index in [2.05, 4.69) is 15.6 Å². The number of carbonyl (C=O) groups excluding carboxylic acids is 1. The SMILES string of the molecule is CCNC(=O)c1nnn(-c2ccccc2)c1-c1ccccc1. The predicted octanol–water partition coefficient (Wildman–Crippen LogP) is 2.68. The summed E-state index contributed by atoms with van der Waals surface area (Å²) in [7, 11) is 0. The lowest BCUT2D eigenvalue weighted by molar-refractivity contribution is 0.0951. The first-order valence-electron chi connectivity index (χ1n) is 7.16. The fraction of sp³-hybridized carbons (Fsp3) is 0.118. The normalized spacial score (nSPS) is 10.4. The van der Waals surface area contributed by atoms with E-state index in [0.717, 1.165) is 11.3 Å². The van der Waals surface area contributed by atoms with Crippen LogP contribution in [0.3, 0.4) is 0 Å². The number of carbonyl (C=O) groups is 1. The molecule has 110 valence electrons.